The van der Waals surface area contributed by atoms with Crippen LogP contribution in [-0.2, 0) is 13.1 Å². The normalized spacial score (nSPS) is 15.0. The Kier molecular flexibility index (Phi) is 6.67. The van der Waals surface area contributed by atoms with Crippen molar-refractivity contribution in [3.63, 3.8) is 0 Å². The first kappa shape index (κ1) is 22.7. The average Bonchev–Trinajstić information content (AvgIpc) is 2.85. The predicted octanol–water partition coefficient (Wildman–Crippen LogP) is 5.37. The number of rotatable bonds is 6. The summed E-state index contributed by atoms with van der Waals surface area (Å²) in [6, 6.07) is 20.9. The molecule has 2 heterocycles. The fraction of sp³-hybridized carbons (Fsp3) is 0.222. The highest BCUT2D eigenvalue weighted by Gasteiger charge is 2.21. The molecule has 1 aliphatic heterocycles. The van der Waals surface area contributed by atoms with Gasteiger partial charge in [0.15, 0.2) is 0 Å². The number of halogens is 1. The minimum absolute atomic E-state index is 0.102. The Morgan fingerprint density at radius 3 is 2.26 bits per heavy atom. The molecule has 0 saturated carbocycles. The maximum Gasteiger partial charge on any atom is 0.235 e. The van der Waals surface area contributed by atoms with E-state index in [2.05, 4.69) is 50.0 Å². The third-order valence-electron chi connectivity index (χ3n) is 6.14. The van der Waals surface area contributed by atoms with Crippen LogP contribution < -0.4 is 10.2 Å². The van der Waals surface area contributed by atoms with Crippen LogP contribution in [0.5, 0.6) is 17.2 Å². The van der Waals surface area contributed by atoms with Crippen LogP contribution in [0.3, 0.4) is 0 Å². The molecule has 1 aliphatic rings. The summed E-state index contributed by atoms with van der Waals surface area (Å²) in [5.41, 5.74) is 2.06. The lowest BCUT2D eigenvalue weighted by molar-refractivity contribution is 0.121. The summed E-state index contributed by atoms with van der Waals surface area (Å²) < 4.78 is 12.4. The van der Waals surface area contributed by atoms with Gasteiger partial charge < -0.3 is 14.3 Å². The second-order valence-corrected chi connectivity index (χ2v) is 9.29. The number of ether oxygens (including phenoxy) is 1. The zero-order valence-corrected chi connectivity index (χ0v) is 20.2. The van der Waals surface area contributed by atoms with Gasteiger partial charge in [-0.25, -0.2) is 0 Å². The Balaban J connectivity index is 1.33. The summed E-state index contributed by atoms with van der Waals surface area (Å²) in [6.07, 6.45) is 1.32. The largest absolute Gasteiger partial charge is 0.507 e. The van der Waals surface area contributed by atoms with Crippen LogP contribution in [-0.4, -0.2) is 41.1 Å². The van der Waals surface area contributed by atoms with Crippen LogP contribution in [0.2, 0.25) is 0 Å². The van der Waals surface area contributed by atoms with Gasteiger partial charge in [-0.15, -0.1) is 0 Å². The van der Waals surface area contributed by atoms with E-state index in [1.165, 1.54) is 11.8 Å². The van der Waals surface area contributed by atoms with Gasteiger partial charge in [-0.3, -0.25) is 14.6 Å². The minimum Gasteiger partial charge on any atom is -0.507 e. The molecule has 1 N–H and O–H groups in total. The zero-order valence-electron chi connectivity index (χ0n) is 18.6. The second-order valence-electron chi connectivity index (χ2n) is 8.44. The fourth-order valence-corrected chi connectivity index (χ4v) is 4.64. The monoisotopic (exact) mass is 520 g/mol. The van der Waals surface area contributed by atoms with Crippen molar-refractivity contribution in [2.24, 2.45) is 0 Å². The molecule has 34 heavy (non-hydrogen) atoms. The van der Waals surface area contributed by atoms with E-state index in [0.717, 1.165) is 37.2 Å². The number of fused-ring (bicyclic) bond motifs is 1. The lowest BCUT2D eigenvalue weighted by Crippen LogP contribution is -2.45. The van der Waals surface area contributed by atoms with Gasteiger partial charge in [0.05, 0.1) is 15.4 Å². The predicted molar refractivity (Wildman–Crippen MR) is 135 cm³/mol. The van der Waals surface area contributed by atoms with Crippen molar-refractivity contribution in [1.82, 2.24) is 9.80 Å². The second kappa shape index (κ2) is 10.0. The Morgan fingerprint density at radius 1 is 0.853 bits per heavy atom. The van der Waals surface area contributed by atoms with E-state index in [0.29, 0.717) is 28.8 Å². The molecule has 1 aromatic heterocycles. The van der Waals surface area contributed by atoms with Crippen LogP contribution in [0.4, 0.5) is 0 Å². The number of hydrogen-bond donors (Lipinski definition) is 1. The van der Waals surface area contributed by atoms with E-state index < -0.39 is 0 Å². The van der Waals surface area contributed by atoms with E-state index in [-0.39, 0.29) is 16.9 Å². The van der Waals surface area contributed by atoms with Gasteiger partial charge in [0.2, 0.25) is 11.2 Å². The maximum absolute atomic E-state index is 13.1. The summed E-state index contributed by atoms with van der Waals surface area (Å²) >= 11 is 3.43. The standard InChI is InChI=1S/C27H25BrN2O4/c28-22-8-4-5-9-24(22)34-25-18-33-27-20(26(25)32)10-11-23(31)21(27)17-30-14-12-29(13-15-30)16-19-6-2-1-3-7-19/h1-11,18,31H,12-17H2. The Morgan fingerprint density at radius 2 is 1.53 bits per heavy atom. The smallest absolute Gasteiger partial charge is 0.235 e. The molecule has 0 atom stereocenters. The SMILES string of the molecule is O=c1c(Oc2ccccc2Br)coc2c(CN3CCN(Cc4ccccc4)CC3)c(O)ccc12. The van der Waals surface area contributed by atoms with Crippen LogP contribution in [0.25, 0.3) is 11.0 Å². The Labute approximate surface area is 206 Å². The highest BCUT2D eigenvalue weighted by Crippen LogP contribution is 2.32. The number of piperazine rings is 1. The number of phenols is 1. The molecule has 0 unspecified atom stereocenters. The summed E-state index contributed by atoms with van der Waals surface area (Å²) in [5.74, 6) is 0.758. The lowest BCUT2D eigenvalue weighted by atomic mass is 10.1. The van der Waals surface area contributed by atoms with Crippen molar-refractivity contribution in [2.75, 3.05) is 26.2 Å². The van der Waals surface area contributed by atoms with Crippen molar-refractivity contribution >= 4 is 26.9 Å². The molecule has 0 amide bonds. The van der Waals surface area contributed by atoms with Gasteiger partial charge in [-0.2, -0.15) is 0 Å². The summed E-state index contributed by atoms with van der Waals surface area (Å²) in [4.78, 5) is 17.8. The number of nitrogens with zero attached hydrogens (tertiary/aromatic N) is 2. The van der Waals surface area contributed by atoms with Crippen LogP contribution >= 0.6 is 15.9 Å². The number of phenolic OH excluding ortho intramolecular Hbond substituents is 1. The number of para-hydroxylation sites is 1. The summed E-state index contributed by atoms with van der Waals surface area (Å²) in [6.45, 7) is 5.06. The third-order valence-corrected chi connectivity index (χ3v) is 6.80. The lowest BCUT2D eigenvalue weighted by Gasteiger charge is -2.34. The molecule has 0 bridgehead atoms. The van der Waals surface area contributed by atoms with E-state index in [1.807, 2.05) is 24.3 Å². The molecular weight excluding hydrogens is 496 g/mol. The summed E-state index contributed by atoms with van der Waals surface area (Å²) in [7, 11) is 0. The van der Waals surface area contributed by atoms with E-state index in [4.69, 9.17) is 9.15 Å². The number of benzene rings is 3. The van der Waals surface area contributed by atoms with Gasteiger partial charge in [0, 0.05) is 39.3 Å². The van der Waals surface area contributed by atoms with Gasteiger partial charge in [-0.05, 0) is 45.8 Å². The van der Waals surface area contributed by atoms with Crippen molar-refractivity contribution < 1.29 is 14.3 Å². The Bertz CT molecular complexity index is 1350. The molecule has 0 radical (unpaired) electrons. The molecule has 5 rings (SSSR count). The first-order chi connectivity index (χ1) is 16.6. The molecule has 0 aliphatic carbocycles. The van der Waals surface area contributed by atoms with Crippen molar-refractivity contribution in [3.8, 4) is 17.2 Å². The first-order valence-electron chi connectivity index (χ1n) is 11.3. The maximum atomic E-state index is 13.1. The molecule has 6 nitrogen and oxygen atoms in total. The molecule has 1 fully saturated rings. The van der Waals surface area contributed by atoms with Gasteiger partial charge >= 0.3 is 0 Å². The van der Waals surface area contributed by atoms with Crippen molar-refractivity contribution in [1.29, 1.82) is 0 Å². The van der Waals surface area contributed by atoms with Crippen LogP contribution in [0, 0.1) is 0 Å². The van der Waals surface area contributed by atoms with Gasteiger partial charge in [0.1, 0.15) is 23.3 Å². The highest BCUT2D eigenvalue weighted by molar-refractivity contribution is 9.10. The summed E-state index contributed by atoms with van der Waals surface area (Å²) in [5, 5.41) is 11.0. The average molecular weight is 521 g/mol. The minimum atomic E-state index is -0.272. The Hall–Kier alpha value is -3.13. The van der Waals surface area contributed by atoms with E-state index in [1.54, 1.807) is 18.2 Å². The third kappa shape index (κ3) is 4.87. The molecule has 4 aromatic rings. The van der Waals surface area contributed by atoms with E-state index >= 15 is 0 Å². The van der Waals surface area contributed by atoms with E-state index in [9.17, 15) is 9.90 Å². The van der Waals surface area contributed by atoms with Gasteiger partial charge in [0.25, 0.3) is 0 Å². The molecule has 1 saturated heterocycles. The van der Waals surface area contributed by atoms with Crippen molar-refractivity contribution in [2.45, 2.75) is 13.1 Å². The zero-order chi connectivity index (χ0) is 23.5. The molecule has 0 spiro atoms. The van der Waals surface area contributed by atoms with Crippen molar-refractivity contribution in [3.05, 3.63) is 98.8 Å². The number of hydrogen-bond acceptors (Lipinski definition) is 6. The quantitative estimate of drug-likeness (QED) is 0.368. The fourth-order valence-electron chi connectivity index (χ4n) is 4.27. The number of aromatic hydroxyl groups is 1. The molecule has 7 heteroatoms. The molecular formula is C27H25BrN2O4. The van der Waals surface area contributed by atoms with Crippen LogP contribution in [0.15, 0.2) is 86.7 Å². The molecule has 174 valence electrons. The first-order valence-corrected chi connectivity index (χ1v) is 12.0. The topological polar surface area (TPSA) is 66.2 Å². The van der Waals surface area contributed by atoms with Crippen LogP contribution in [0.1, 0.15) is 11.1 Å². The van der Waals surface area contributed by atoms with Gasteiger partial charge in [-0.1, -0.05) is 42.5 Å². The highest BCUT2D eigenvalue weighted by atomic mass is 79.9. The molecule has 3 aromatic carbocycles.